The van der Waals surface area contributed by atoms with E-state index in [4.69, 9.17) is 26.9 Å². The van der Waals surface area contributed by atoms with E-state index in [9.17, 15) is 0 Å². The Morgan fingerprint density at radius 1 is 0.875 bits per heavy atom. The number of aliphatic hydroxyl groups excluding tert-OH is 1. The van der Waals surface area contributed by atoms with Crippen molar-refractivity contribution in [3.63, 3.8) is 0 Å². The largest absolute Gasteiger partial charge is 0.525 e. The van der Waals surface area contributed by atoms with E-state index >= 15 is 0 Å². The van der Waals surface area contributed by atoms with E-state index in [0.717, 1.165) is 11.1 Å². The van der Waals surface area contributed by atoms with Crippen LogP contribution in [0.15, 0.2) is 91.0 Å². The Morgan fingerprint density at radius 3 is 2.22 bits per heavy atom. The number of aliphatic hydroxyl groups is 1. The summed E-state index contributed by atoms with van der Waals surface area (Å²) in [7, 11) is 11.1. The smallest absolute Gasteiger partial charge is 0.101 e. The molecule has 5 rings (SSSR count). The topological polar surface area (TPSA) is 29.5 Å². The van der Waals surface area contributed by atoms with Crippen LogP contribution in [0.4, 0.5) is 0 Å². The SMILES string of the molecule is C[C](C)=[Zr]([Cl])[Cl].OCCOc1cccc2c1[cH-]c1ccccc12.c1ccc2[cH-]ccc2c1. The molecular formula is C27H26Cl2O2Zr-2. The molecule has 0 bridgehead atoms. The van der Waals surface area contributed by atoms with Crippen molar-refractivity contribution in [3.05, 3.63) is 91.0 Å². The van der Waals surface area contributed by atoms with Crippen molar-refractivity contribution in [1.82, 2.24) is 0 Å². The van der Waals surface area contributed by atoms with Crippen LogP contribution in [0, 0.1) is 0 Å². The second-order valence-corrected chi connectivity index (χ2v) is 16.8. The number of halogens is 2. The zero-order chi connectivity index (χ0) is 22.9. The first kappa shape index (κ1) is 24.9. The maximum atomic E-state index is 8.81. The predicted molar refractivity (Wildman–Crippen MR) is 137 cm³/mol. The molecule has 0 saturated carbocycles. The molecule has 0 aliphatic carbocycles. The molecule has 32 heavy (non-hydrogen) atoms. The minimum absolute atomic E-state index is 0.0383. The van der Waals surface area contributed by atoms with Crippen LogP contribution in [0.1, 0.15) is 13.8 Å². The quantitative estimate of drug-likeness (QED) is 0.235. The molecule has 5 heteroatoms. The molecule has 1 N–H and O–H groups in total. The van der Waals surface area contributed by atoms with Crippen LogP contribution in [-0.4, -0.2) is 21.5 Å². The Balaban J connectivity index is 0.000000161. The molecule has 2 nitrogen and oxygen atoms in total. The normalized spacial score (nSPS) is 10.3. The maximum Gasteiger partial charge on any atom is 0.101 e. The van der Waals surface area contributed by atoms with Gasteiger partial charge in [0.25, 0.3) is 0 Å². The molecule has 0 spiro atoms. The van der Waals surface area contributed by atoms with Gasteiger partial charge in [-0.05, 0) is 0 Å². The summed E-state index contributed by atoms with van der Waals surface area (Å²) < 4.78 is 6.78. The standard InChI is InChI=1S/C15H13O2.C9H7.C3H6.2ClH.Zr/c16-8-9-17-15-7-3-6-13-12-5-2-1-4-11(12)10-14(13)15;1-2-5-9-7-3-6-8(9)4-1;1-3-2;;;/h1-7,10,16H,8-9H2;1-7H;1-2H3;2*1H;/q2*-1;;;;+2/p-2. The second-order valence-electron chi connectivity index (χ2n) is 7.44. The Bertz CT molecular complexity index is 1270. The minimum atomic E-state index is -1.84. The van der Waals surface area contributed by atoms with Crippen LogP contribution in [0.3, 0.4) is 0 Å². The Morgan fingerprint density at radius 2 is 1.53 bits per heavy atom. The molecule has 5 aromatic rings. The zero-order valence-corrected chi connectivity index (χ0v) is 22.2. The Kier molecular flexibility index (Phi) is 9.69. The molecule has 0 radical (unpaired) electrons. The molecule has 166 valence electrons. The van der Waals surface area contributed by atoms with Crippen LogP contribution in [0.2, 0.25) is 0 Å². The third-order valence-corrected chi connectivity index (χ3v) is 11.2. The number of rotatable bonds is 3. The summed E-state index contributed by atoms with van der Waals surface area (Å²) in [5.41, 5.74) is 0. The molecule has 0 saturated heterocycles. The molecule has 0 unspecified atom stereocenters. The molecule has 0 amide bonds. The fraction of sp³-hybridized carbons (Fsp3) is 0.148. The predicted octanol–water partition coefficient (Wildman–Crippen LogP) is 7.77. The van der Waals surface area contributed by atoms with Crippen LogP contribution in [0.5, 0.6) is 5.75 Å². The summed E-state index contributed by atoms with van der Waals surface area (Å²) in [5.74, 6) is 0.841. The van der Waals surface area contributed by atoms with Crippen LogP contribution in [-0.2, 0) is 18.9 Å². The van der Waals surface area contributed by atoms with Crippen molar-refractivity contribution in [3.8, 4) is 5.75 Å². The first-order valence-electron chi connectivity index (χ1n) is 10.4. The number of hydrogen-bond acceptors (Lipinski definition) is 2. The van der Waals surface area contributed by atoms with E-state index in [1.54, 1.807) is 0 Å². The van der Waals surface area contributed by atoms with E-state index in [1.807, 2.05) is 38.1 Å². The van der Waals surface area contributed by atoms with Gasteiger partial charge in [-0.3, -0.25) is 0 Å². The molecular weight excluding hydrogens is 518 g/mol. The molecule has 0 atom stereocenters. The van der Waals surface area contributed by atoms with Crippen molar-refractivity contribution in [2.75, 3.05) is 13.2 Å². The molecule has 0 aliphatic rings. The van der Waals surface area contributed by atoms with Gasteiger partial charge < -0.3 is 9.84 Å². The number of benzene rings is 3. The van der Waals surface area contributed by atoms with E-state index in [-0.39, 0.29) is 6.61 Å². The fourth-order valence-electron chi connectivity index (χ4n) is 3.30. The van der Waals surface area contributed by atoms with Gasteiger partial charge in [0.05, 0.1) is 12.4 Å². The van der Waals surface area contributed by atoms with Crippen LogP contribution in [0.25, 0.3) is 32.3 Å². The summed E-state index contributed by atoms with van der Waals surface area (Å²) >= 11 is -1.84. The third-order valence-electron chi connectivity index (χ3n) is 4.89. The Hall–Kier alpha value is -1.77. The van der Waals surface area contributed by atoms with Gasteiger partial charge in [-0.25, -0.2) is 0 Å². The summed E-state index contributed by atoms with van der Waals surface area (Å²) in [5, 5.41) is 16.3. The summed E-state index contributed by atoms with van der Waals surface area (Å²) in [4.78, 5) is 0. The van der Waals surface area contributed by atoms with Crippen molar-refractivity contribution >= 4 is 52.5 Å². The van der Waals surface area contributed by atoms with Gasteiger partial charge in [0.15, 0.2) is 0 Å². The molecule has 0 fully saturated rings. The second kappa shape index (κ2) is 12.5. The fourth-order valence-corrected chi connectivity index (χ4v) is 3.30. The van der Waals surface area contributed by atoms with Crippen molar-refractivity contribution < 1.29 is 28.7 Å². The molecule has 0 aliphatic heterocycles. The van der Waals surface area contributed by atoms with Gasteiger partial charge in [0, 0.05) is 0 Å². The van der Waals surface area contributed by atoms with E-state index < -0.39 is 18.9 Å². The minimum Gasteiger partial charge on any atom is -0.525 e. The maximum absolute atomic E-state index is 8.81. The van der Waals surface area contributed by atoms with Gasteiger partial charge >= 0.3 is 53.0 Å². The number of fused-ring (bicyclic) bond motifs is 4. The average molecular weight is 545 g/mol. The van der Waals surface area contributed by atoms with E-state index in [0.29, 0.717) is 6.61 Å². The van der Waals surface area contributed by atoms with Crippen molar-refractivity contribution in [2.45, 2.75) is 13.8 Å². The van der Waals surface area contributed by atoms with Gasteiger partial charge in [0.1, 0.15) is 6.61 Å². The number of ether oxygens (including phenoxy) is 1. The third kappa shape index (κ3) is 6.62. The average Bonchev–Trinajstić information content (AvgIpc) is 3.43. The Labute approximate surface area is 203 Å². The first-order valence-corrected chi connectivity index (χ1v) is 18.0. The molecule has 0 aromatic heterocycles. The molecule has 0 heterocycles. The van der Waals surface area contributed by atoms with Crippen molar-refractivity contribution in [2.24, 2.45) is 0 Å². The van der Waals surface area contributed by atoms with Gasteiger partial charge in [0.2, 0.25) is 0 Å². The van der Waals surface area contributed by atoms with Gasteiger partial charge in [-0.2, -0.15) is 17.5 Å². The van der Waals surface area contributed by atoms with Crippen LogP contribution < -0.4 is 4.74 Å². The first-order chi connectivity index (χ1) is 15.5. The van der Waals surface area contributed by atoms with E-state index in [2.05, 4.69) is 66.7 Å². The van der Waals surface area contributed by atoms with Gasteiger partial charge in [-0.1, -0.05) is 47.9 Å². The summed E-state index contributed by atoms with van der Waals surface area (Å²) in [6.07, 6.45) is 0. The van der Waals surface area contributed by atoms with E-state index in [1.165, 1.54) is 30.1 Å². The van der Waals surface area contributed by atoms with Crippen LogP contribution >= 0.6 is 17.0 Å². The summed E-state index contributed by atoms with van der Waals surface area (Å²) in [6, 6.07) is 31.1. The van der Waals surface area contributed by atoms with Crippen molar-refractivity contribution in [1.29, 1.82) is 0 Å². The summed E-state index contributed by atoms with van der Waals surface area (Å²) in [6.45, 7) is 4.33. The number of hydrogen-bond donors (Lipinski definition) is 1. The monoisotopic (exact) mass is 542 g/mol. The zero-order valence-electron chi connectivity index (χ0n) is 18.2. The molecule has 5 aromatic carbocycles. The van der Waals surface area contributed by atoms with Gasteiger partial charge in [-0.15, -0.1) is 57.9 Å².